The number of hydrogen-bond donors (Lipinski definition) is 2. The zero-order valence-corrected chi connectivity index (χ0v) is 16.7. The predicted molar refractivity (Wildman–Crippen MR) is 114 cm³/mol. The average molecular weight is 404 g/mol. The van der Waals surface area contributed by atoms with Crippen molar-refractivity contribution in [1.82, 2.24) is 9.55 Å². The molecule has 0 saturated carbocycles. The molecule has 7 nitrogen and oxygen atoms in total. The molecule has 0 saturated heterocycles. The molecule has 4 heterocycles. The van der Waals surface area contributed by atoms with Crippen LogP contribution in [-0.4, -0.2) is 27.7 Å². The van der Waals surface area contributed by atoms with E-state index in [2.05, 4.69) is 35.6 Å². The van der Waals surface area contributed by atoms with Crippen LogP contribution in [0.15, 0.2) is 33.8 Å². The number of rotatable bonds is 3. The van der Waals surface area contributed by atoms with Gasteiger partial charge in [-0.2, -0.15) is 4.57 Å². The van der Waals surface area contributed by atoms with Crippen molar-refractivity contribution in [3.8, 4) is 11.9 Å². The third kappa shape index (κ3) is 2.85. The van der Waals surface area contributed by atoms with Gasteiger partial charge in [-0.05, 0) is 60.6 Å². The Morgan fingerprint density at radius 2 is 1.93 bits per heavy atom. The Labute approximate surface area is 173 Å². The molecule has 0 unspecified atom stereocenters. The largest absolute Gasteiger partial charge is 0.490 e. The first-order valence-corrected chi connectivity index (χ1v) is 10.2. The molecule has 3 aromatic rings. The maximum Gasteiger partial charge on any atom is 0.311 e. The fraction of sp³-hybridized carbons (Fsp3) is 0.261. The molecule has 0 spiro atoms. The van der Waals surface area contributed by atoms with Gasteiger partial charge in [-0.3, -0.25) is 4.79 Å². The summed E-state index contributed by atoms with van der Waals surface area (Å²) in [6.45, 7) is 6.29. The Morgan fingerprint density at radius 1 is 1.23 bits per heavy atom. The van der Waals surface area contributed by atoms with Gasteiger partial charge in [0.1, 0.15) is 6.26 Å². The molecule has 0 aliphatic carbocycles. The van der Waals surface area contributed by atoms with Crippen molar-refractivity contribution in [2.24, 2.45) is 0 Å². The second kappa shape index (κ2) is 7.18. The lowest BCUT2D eigenvalue weighted by molar-refractivity contribution is -0.506. The maximum absolute atomic E-state index is 13.3. The van der Waals surface area contributed by atoms with Crippen LogP contribution in [0.25, 0.3) is 18.7 Å². The van der Waals surface area contributed by atoms with Gasteiger partial charge in [0.2, 0.25) is 0 Å². The minimum absolute atomic E-state index is 0.00595. The van der Waals surface area contributed by atoms with Crippen LogP contribution in [0.3, 0.4) is 0 Å². The zero-order chi connectivity index (χ0) is 20.8. The summed E-state index contributed by atoms with van der Waals surface area (Å²) in [6.07, 6.45) is 9.02. The maximum atomic E-state index is 13.3. The molecule has 2 aromatic heterocycles. The number of nitrogens with zero attached hydrogens (tertiary/aromatic N) is 3. The molecule has 2 aliphatic heterocycles. The first-order chi connectivity index (χ1) is 14.6. The molecule has 7 heteroatoms. The second-order valence-electron chi connectivity index (χ2n) is 7.82. The number of aryl methyl sites for hydroxylation is 2. The third-order valence-electron chi connectivity index (χ3n) is 6.02. The lowest BCUT2D eigenvalue weighted by Crippen LogP contribution is -2.74. The quantitative estimate of drug-likeness (QED) is 0.619. The molecule has 5 rings (SSSR count). The van der Waals surface area contributed by atoms with Crippen molar-refractivity contribution < 1.29 is 14.8 Å². The van der Waals surface area contributed by atoms with Crippen molar-refractivity contribution in [2.75, 3.05) is 18.0 Å². The lowest BCUT2D eigenvalue weighted by Gasteiger charge is -2.37. The first kappa shape index (κ1) is 18.7. The van der Waals surface area contributed by atoms with E-state index in [-0.39, 0.29) is 11.9 Å². The highest BCUT2D eigenvalue weighted by molar-refractivity contribution is 5.68. The Kier molecular flexibility index (Phi) is 4.47. The predicted octanol–water partition coefficient (Wildman–Crippen LogP) is 0.455. The zero-order valence-electron chi connectivity index (χ0n) is 16.7. The number of aromatic nitrogens is 2. The van der Waals surface area contributed by atoms with Gasteiger partial charge in [0.25, 0.3) is 11.4 Å². The Balaban J connectivity index is 1.77. The number of quaternary nitrogens is 1. The fourth-order valence-corrected chi connectivity index (χ4v) is 4.69. The van der Waals surface area contributed by atoms with Crippen molar-refractivity contribution in [3.63, 3.8) is 0 Å². The van der Waals surface area contributed by atoms with Crippen LogP contribution in [0.2, 0.25) is 0 Å². The normalized spacial score (nSPS) is 16.0. The van der Waals surface area contributed by atoms with Gasteiger partial charge in [-0.25, -0.2) is 4.98 Å². The van der Waals surface area contributed by atoms with E-state index in [4.69, 9.17) is 4.42 Å². The summed E-state index contributed by atoms with van der Waals surface area (Å²) < 4.78 is 6.33. The average Bonchev–Trinajstić information content (AvgIpc) is 3.26. The standard InChI is InChI=1S/C23H24N4O3/c1-14-18(21(28)27(22(29)19(14)24-2)23-25-7-10-30-23)13-15-11-16-5-3-8-26-9-4-6-17(12-15)20(16)26/h7,10-13,29H,1-6,8-9,24H2. The molecule has 1 aromatic carbocycles. The van der Waals surface area contributed by atoms with Gasteiger partial charge in [-0.15, -0.1) is 7.05 Å². The molecule has 0 amide bonds. The summed E-state index contributed by atoms with van der Waals surface area (Å²) >= 11 is 0. The van der Waals surface area contributed by atoms with E-state index in [0.29, 0.717) is 16.1 Å². The molecule has 0 radical (unpaired) electrons. The van der Waals surface area contributed by atoms with E-state index in [0.717, 1.165) is 48.9 Å². The fourth-order valence-electron chi connectivity index (χ4n) is 4.69. The molecular formula is C23H24N4O3. The van der Waals surface area contributed by atoms with Crippen molar-refractivity contribution >= 4 is 24.0 Å². The first-order valence-electron chi connectivity index (χ1n) is 10.2. The van der Waals surface area contributed by atoms with Gasteiger partial charge >= 0.3 is 6.01 Å². The molecule has 0 fully saturated rings. The minimum Gasteiger partial charge on any atom is -0.490 e. The van der Waals surface area contributed by atoms with Gasteiger partial charge in [0.15, 0.2) is 5.69 Å². The Morgan fingerprint density at radius 3 is 2.53 bits per heavy atom. The smallest absolute Gasteiger partial charge is 0.311 e. The van der Waals surface area contributed by atoms with E-state index >= 15 is 0 Å². The van der Waals surface area contributed by atoms with E-state index in [1.165, 1.54) is 34.6 Å². The van der Waals surface area contributed by atoms with Gasteiger partial charge in [-0.1, -0.05) is 6.58 Å². The minimum atomic E-state index is -0.432. The molecule has 0 atom stereocenters. The van der Waals surface area contributed by atoms with Crippen molar-refractivity contribution in [1.29, 1.82) is 0 Å². The highest BCUT2D eigenvalue weighted by Crippen LogP contribution is 2.36. The molecule has 30 heavy (non-hydrogen) atoms. The number of hydrogen-bond acceptors (Lipinski definition) is 5. The van der Waals surface area contributed by atoms with Crippen molar-refractivity contribution in [2.45, 2.75) is 25.7 Å². The van der Waals surface area contributed by atoms with Gasteiger partial charge in [0.05, 0.1) is 11.4 Å². The SMILES string of the molecule is C=c1c([NH2+][CH2-])c(O)n(-c2ncco2)c(=O)c1=Cc1cc2c3c(c1)CCCN3CCC2. The van der Waals surface area contributed by atoms with Gasteiger partial charge < -0.3 is 19.7 Å². The highest BCUT2D eigenvalue weighted by Gasteiger charge is 2.24. The summed E-state index contributed by atoms with van der Waals surface area (Å²) in [5.74, 6) is -0.282. The molecule has 0 bridgehead atoms. The lowest BCUT2D eigenvalue weighted by atomic mass is 9.90. The monoisotopic (exact) mass is 404 g/mol. The van der Waals surface area contributed by atoms with Crippen LogP contribution in [-0.2, 0) is 12.8 Å². The van der Waals surface area contributed by atoms with Gasteiger partial charge in [0, 0.05) is 24.0 Å². The molecule has 3 N–H and O–H groups in total. The van der Waals surface area contributed by atoms with Crippen LogP contribution in [0.1, 0.15) is 29.5 Å². The summed E-state index contributed by atoms with van der Waals surface area (Å²) in [6, 6.07) is 4.35. The van der Waals surface area contributed by atoms with Crippen LogP contribution >= 0.6 is 0 Å². The van der Waals surface area contributed by atoms with Crippen LogP contribution in [0, 0.1) is 7.05 Å². The summed E-state index contributed by atoms with van der Waals surface area (Å²) in [7, 11) is 3.77. The Hall–Kier alpha value is -3.32. The van der Waals surface area contributed by atoms with Crippen LogP contribution < -0.4 is 26.2 Å². The summed E-state index contributed by atoms with van der Waals surface area (Å²) in [5, 5.41) is 12.9. The summed E-state index contributed by atoms with van der Waals surface area (Å²) in [5.41, 5.74) is 4.98. The number of pyridine rings is 1. The molecular weight excluding hydrogens is 380 g/mol. The number of nitrogens with two attached hydrogens (primary N) is 1. The number of benzene rings is 1. The third-order valence-corrected chi connectivity index (χ3v) is 6.02. The topological polar surface area (TPSA) is 88.1 Å². The van der Waals surface area contributed by atoms with Crippen LogP contribution in [0.4, 0.5) is 11.4 Å². The van der Waals surface area contributed by atoms with E-state index in [9.17, 15) is 9.90 Å². The number of oxazole rings is 1. The Bertz CT molecular complexity index is 1260. The van der Waals surface area contributed by atoms with E-state index in [1.807, 2.05) is 6.08 Å². The van der Waals surface area contributed by atoms with Crippen molar-refractivity contribution in [3.05, 3.63) is 69.1 Å². The molecule has 154 valence electrons. The van der Waals surface area contributed by atoms with E-state index < -0.39 is 5.56 Å². The molecule has 2 aliphatic rings. The highest BCUT2D eigenvalue weighted by atomic mass is 16.4. The second-order valence-corrected chi connectivity index (χ2v) is 7.82. The van der Waals surface area contributed by atoms with E-state index in [1.54, 1.807) is 0 Å². The summed E-state index contributed by atoms with van der Waals surface area (Å²) in [4.78, 5) is 19.8. The van der Waals surface area contributed by atoms with Crippen LogP contribution in [0.5, 0.6) is 5.88 Å². The number of anilines is 1. The number of aromatic hydroxyl groups is 1.